The molecule has 39 heavy (non-hydrogen) atoms. The van der Waals surface area contributed by atoms with Crippen LogP contribution in [-0.2, 0) is 17.8 Å². The monoisotopic (exact) mass is 530 g/mol. The summed E-state index contributed by atoms with van der Waals surface area (Å²) in [7, 11) is 1.54. The number of hydrogen-bond donors (Lipinski definition) is 2. The van der Waals surface area contributed by atoms with Gasteiger partial charge < -0.3 is 24.8 Å². The predicted molar refractivity (Wildman–Crippen MR) is 152 cm³/mol. The van der Waals surface area contributed by atoms with E-state index < -0.39 is 0 Å². The van der Waals surface area contributed by atoms with Crippen LogP contribution < -0.4 is 10.1 Å². The molecule has 2 N–H and O–H groups in total. The largest absolute Gasteiger partial charge is 0.495 e. The number of para-hydroxylation sites is 3. The van der Waals surface area contributed by atoms with Crippen LogP contribution >= 0.6 is 0 Å². The first-order chi connectivity index (χ1) is 18.8. The number of methoxy groups -OCH3 is 1. The van der Waals surface area contributed by atoms with E-state index in [1.54, 1.807) is 36.3 Å². The summed E-state index contributed by atoms with van der Waals surface area (Å²) < 4.78 is 18.9. The van der Waals surface area contributed by atoms with Crippen LogP contribution in [0.25, 0.3) is 10.9 Å². The third-order valence-corrected chi connectivity index (χ3v) is 6.51. The van der Waals surface area contributed by atoms with E-state index in [2.05, 4.69) is 16.4 Å². The molecule has 0 saturated carbocycles. The summed E-state index contributed by atoms with van der Waals surface area (Å²) in [6.07, 6.45) is 2.60. The number of anilines is 1. The van der Waals surface area contributed by atoms with E-state index in [-0.39, 0.29) is 30.2 Å². The summed E-state index contributed by atoms with van der Waals surface area (Å²) >= 11 is 0. The Bertz CT molecular complexity index is 1400. The molecule has 0 saturated heterocycles. The van der Waals surface area contributed by atoms with Crippen molar-refractivity contribution < 1.29 is 18.7 Å². The van der Waals surface area contributed by atoms with Gasteiger partial charge in [0.25, 0.3) is 0 Å². The Balaban J connectivity index is 1.52. The zero-order valence-electron chi connectivity index (χ0n) is 22.6. The van der Waals surface area contributed by atoms with Gasteiger partial charge in [-0.15, -0.1) is 0 Å². The summed E-state index contributed by atoms with van der Waals surface area (Å²) in [5, 5.41) is 4.00. The lowest BCUT2D eigenvalue weighted by atomic mass is 10.1. The van der Waals surface area contributed by atoms with Crippen molar-refractivity contribution >= 4 is 28.5 Å². The first-order valence-corrected chi connectivity index (χ1v) is 13.1. The number of hydrogen-bond acceptors (Lipinski definition) is 3. The van der Waals surface area contributed by atoms with Crippen LogP contribution in [0.4, 0.5) is 14.9 Å². The second-order valence-electron chi connectivity index (χ2n) is 9.96. The highest BCUT2D eigenvalue weighted by molar-refractivity contribution is 5.93. The standard InChI is InChI=1S/C31H35FN4O3/c1-22(2)19-36(31(38)34-28-10-6-7-11-29(28)39-3)21-30(37)35(20-23-12-14-25(32)15-13-23)17-16-24-18-33-27-9-5-4-8-26(24)27/h4-15,18,22,33H,16-17,19-21H2,1-3H3,(H,34,38). The van der Waals surface area contributed by atoms with Gasteiger partial charge in [0.05, 0.1) is 12.8 Å². The minimum Gasteiger partial charge on any atom is -0.495 e. The van der Waals surface area contributed by atoms with Crippen molar-refractivity contribution in [3.63, 3.8) is 0 Å². The van der Waals surface area contributed by atoms with Gasteiger partial charge in [0.1, 0.15) is 18.1 Å². The van der Waals surface area contributed by atoms with Gasteiger partial charge in [0, 0.05) is 36.7 Å². The van der Waals surface area contributed by atoms with Gasteiger partial charge >= 0.3 is 6.03 Å². The number of carbonyl (C=O) groups is 2. The lowest BCUT2D eigenvalue weighted by Gasteiger charge is -2.29. The van der Waals surface area contributed by atoms with Crippen LogP contribution in [0.3, 0.4) is 0 Å². The summed E-state index contributed by atoms with van der Waals surface area (Å²) in [5.74, 6) is 0.179. The van der Waals surface area contributed by atoms with Crippen molar-refractivity contribution in [2.24, 2.45) is 5.92 Å². The molecule has 7 nitrogen and oxygen atoms in total. The molecule has 1 heterocycles. The maximum atomic E-state index is 13.7. The Kier molecular flexibility index (Phi) is 9.20. The number of ether oxygens (including phenoxy) is 1. The molecule has 4 aromatic rings. The van der Waals surface area contributed by atoms with E-state index in [1.165, 1.54) is 17.0 Å². The lowest BCUT2D eigenvalue weighted by Crippen LogP contribution is -2.46. The SMILES string of the molecule is COc1ccccc1NC(=O)N(CC(=O)N(CCc1c[nH]c2ccccc12)Cc1ccc(F)cc1)CC(C)C. The van der Waals surface area contributed by atoms with Gasteiger partial charge in [-0.25, -0.2) is 9.18 Å². The van der Waals surface area contributed by atoms with Crippen LogP contribution in [0.1, 0.15) is 25.0 Å². The number of H-pyrrole nitrogens is 1. The van der Waals surface area contributed by atoms with Crippen LogP contribution in [0.2, 0.25) is 0 Å². The normalized spacial score (nSPS) is 11.0. The van der Waals surface area contributed by atoms with E-state index in [1.807, 2.05) is 50.4 Å². The van der Waals surface area contributed by atoms with Crippen LogP contribution in [0, 0.1) is 11.7 Å². The van der Waals surface area contributed by atoms with Gasteiger partial charge in [0.15, 0.2) is 0 Å². The van der Waals surface area contributed by atoms with Gasteiger partial charge in [-0.05, 0) is 53.8 Å². The average Bonchev–Trinajstić information content (AvgIpc) is 3.34. The van der Waals surface area contributed by atoms with E-state index >= 15 is 0 Å². The van der Waals surface area contributed by atoms with Crippen molar-refractivity contribution in [2.45, 2.75) is 26.8 Å². The molecule has 3 aromatic carbocycles. The molecule has 0 aliphatic carbocycles. The van der Waals surface area contributed by atoms with Crippen LogP contribution in [0.5, 0.6) is 5.75 Å². The molecule has 8 heteroatoms. The smallest absolute Gasteiger partial charge is 0.322 e. The maximum absolute atomic E-state index is 13.7. The van der Waals surface area contributed by atoms with Gasteiger partial charge in [-0.2, -0.15) is 0 Å². The molecule has 0 spiro atoms. The highest BCUT2D eigenvalue weighted by Crippen LogP contribution is 2.24. The predicted octanol–water partition coefficient (Wildman–Crippen LogP) is 6.08. The first kappa shape index (κ1) is 27.7. The highest BCUT2D eigenvalue weighted by Gasteiger charge is 2.23. The molecule has 0 aliphatic heterocycles. The van der Waals surface area contributed by atoms with E-state index in [0.29, 0.717) is 37.5 Å². The molecule has 4 rings (SSSR count). The van der Waals surface area contributed by atoms with Gasteiger partial charge in [0.2, 0.25) is 5.91 Å². The summed E-state index contributed by atoms with van der Waals surface area (Å²) in [4.78, 5) is 33.6. The first-order valence-electron chi connectivity index (χ1n) is 13.1. The van der Waals surface area contributed by atoms with E-state index in [4.69, 9.17) is 4.74 Å². The van der Waals surface area contributed by atoms with Crippen LogP contribution in [-0.4, -0.2) is 53.5 Å². The third kappa shape index (κ3) is 7.37. The fraction of sp³-hybridized carbons (Fsp3) is 0.290. The van der Waals surface area contributed by atoms with Crippen molar-refractivity contribution in [3.05, 3.63) is 95.9 Å². The zero-order chi connectivity index (χ0) is 27.8. The Morgan fingerprint density at radius 2 is 1.69 bits per heavy atom. The fourth-order valence-electron chi connectivity index (χ4n) is 4.56. The van der Waals surface area contributed by atoms with Crippen molar-refractivity contribution in [2.75, 3.05) is 32.1 Å². The quantitative estimate of drug-likeness (QED) is 0.247. The number of urea groups is 1. The molecule has 0 aliphatic rings. The number of nitrogens with zero attached hydrogens (tertiary/aromatic N) is 2. The highest BCUT2D eigenvalue weighted by atomic mass is 19.1. The number of aromatic amines is 1. The molecular formula is C31H35FN4O3. The molecular weight excluding hydrogens is 495 g/mol. The second kappa shape index (κ2) is 13.0. The minimum atomic E-state index is -0.375. The summed E-state index contributed by atoms with van der Waals surface area (Å²) in [6, 6.07) is 21.0. The fourth-order valence-corrected chi connectivity index (χ4v) is 4.56. The Hall–Kier alpha value is -4.33. The molecule has 0 radical (unpaired) electrons. The Morgan fingerprint density at radius 3 is 2.44 bits per heavy atom. The topological polar surface area (TPSA) is 77.7 Å². The molecule has 0 unspecified atom stereocenters. The molecule has 0 bridgehead atoms. The Morgan fingerprint density at radius 1 is 0.974 bits per heavy atom. The molecule has 3 amide bonds. The number of fused-ring (bicyclic) bond motifs is 1. The van der Waals surface area contributed by atoms with Crippen molar-refractivity contribution in [1.29, 1.82) is 0 Å². The third-order valence-electron chi connectivity index (χ3n) is 6.51. The number of aromatic nitrogens is 1. The number of halogens is 1. The average molecular weight is 531 g/mol. The number of rotatable bonds is 11. The van der Waals surface area contributed by atoms with Crippen molar-refractivity contribution in [3.8, 4) is 5.75 Å². The Labute approximate surface area is 228 Å². The number of benzene rings is 3. The second-order valence-corrected chi connectivity index (χ2v) is 9.96. The minimum absolute atomic E-state index is 0.0890. The van der Waals surface area contributed by atoms with Gasteiger partial charge in [-0.1, -0.05) is 56.3 Å². The number of carbonyl (C=O) groups excluding carboxylic acids is 2. The lowest BCUT2D eigenvalue weighted by molar-refractivity contribution is -0.132. The zero-order valence-corrected chi connectivity index (χ0v) is 22.6. The molecule has 1 aromatic heterocycles. The molecule has 0 atom stereocenters. The van der Waals surface area contributed by atoms with Gasteiger partial charge in [-0.3, -0.25) is 4.79 Å². The maximum Gasteiger partial charge on any atom is 0.322 e. The van der Waals surface area contributed by atoms with Crippen LogP contribution in [0.15, 0.2) is 79.0 Å². The van der Waals surface area contributed by atoms with Crippen molar-refractivity contribution in [1.82, 2.24) is 14.8 Å². The summed E-state index contributed by atoms with van der Waals surface area (Å²) in [6.45, 7) is 5.07. The van der Waals surface area contributed by atoms with E-state index in [0.717, 1.165) is 22.0 Å². The molecule has 204 valence electrons. The number of nitrogens with one attached hydrogen (secondary N) is 2. The molecule has 0 fully saturated rings. The van der Waals surface area contributed by atoms with E-state index in [9.17, 15) is 14.0 Å². The summed E-state index contributed by atoms with van der Waals surface area (Å²) in [5.41, 5.74) is 3.50. The number of amides is 3.